The highest BCUT2D eigenvalue weighted by Crippen LogP contribution is 2.03. The predicted molar refractivity (Wildman–Crippen MR) is 74.1 cm³/mol. The van der Waals surface area contributed by atoms with Gasteiger partial charge in [0.05, 0.1) is 5.75 Å². The average Bonchev–Trinajstić information content (AvgIpc) is 2.19. The summed E-state index contributed by atoms with van der Waals surface area (Å²) >= 11 is 0. The fraction of sp³-hybridized carbons (Fsp3) is 1.00. The molecule has 0 aliphatic heterocycles. The molecule has 1 N–H and O–H groups in total. The van der Waals surface area contributed by atoms with E-state index in [9.17, 15) is 8.42 Å². The summed E-state index contributed by atoms with van der Waals surface area (Å²) in [5.74, 6) is 0.796. The lowest BCUT2D eigenvalue weighted by Crippen LogP contribution is -2.44. The van der Waals surface area contributed by atoms with Gasteiger partial charge in [-0.25, -0.2) is 8.42 Å². The smallest absolute Gasteiger partial charge is 0.148 e. The fourth-order valence-corrected chi connectivity index (χ4v) is 2.23. The highest BCUT2D eigenvalue weighted by molar-refractivity contribution is 7.90. The van der Waals surface area contributed by atoms with Crippen molar-refractivity contribution in [3.05, 3.63) is 0 Å². The van der Waals surface area contributed by atoms with Gasteiger partial charge < -0.3 is 10.2 Å². The Labute approximate surface area is 107 Å². The van der Waals surface area contributed by atoms with Crippen molar-refractivity contribution < 1.29 is 8.42 Å². The molecule has 0 aliphatic rings. The molecule has 17 heavy (non-hydrogen) atoms. The number of likely N-dealkylation sites (N-methyl/N-ethyl adjacent to an activating group) is 1. The van der Waals surface area contributed by atoms with Crippen molar-refractivity contribution in [3.8, 4) is 0 Å². The highest BCUT2D eigenvalue weighted by Gasteiger charge is 2.15. The van der Waals surface area contributed by atoms with Gasteiger partial charge in [0.1, 0.15) is 9.84 Å². The fourth-order valence-electron chi connectivity index (χ4n) is 1.59. The van der Waals surface area contributed by atoms with Crippen LogP contribution in [0.2, 0.25) is 0 Å². The zero-order valence-electron chi connectivity index (χ0n) is 11.9. The molecule has 0 amide bonds. The van der Waals surface area contributed by atoms with Gasteiger partial charge in [0.15, 0.2) is 0 Å². The SMILES string of the molecule is CCCNC(CN(C)CCS(C)(=O)=O)C(C)C. The molecular formula is C12H28N2O2S. The van der Waals surface area contributed by atoms with Gasteiger partial charge >= 0.3 is 0 Å². The number of nitrogens with zero attached hydrogens (tertiary/aromatic N) is 1. The van der Waals surface area contributed by atoms with Gasteiger partial charge in [-0.3, -0.25) is 0 Å². The van der Waals surface area contributed by atoms with Gasteiger partial charge in [-0.05, 0) is 25.9 Å². The number of rotatable bonds is 9. The van der Waals surface area contributed by atoms with Gasteiger partial charge in [-0.2, -0.15) is 0 Å². The van der Waals surface area contributed by atoms with Crippen molar-refractivity contribution in [1.29, 1.82) is 0 Å². The van der Waals surface area contributed by atoms with Crippen molar-refractivity contribution in [1.82, 2.24) is 10.2 Å². The molecule has 5 heteroatoms. The van der Waals surface area contributed by atoms with E-state index < -0.39 is 9.84 Å². The van der Waals surface area contributed by atoms with Crippen molar-refractivity contribution in [2.75, 3.05) is 38.7 Å². The van der Waals surface area contributed by atoms with Crippen LogP contribution >= 0.6 is 0 Å². The average molecular weight is 264 g/mol. The van der Waals surface area contributed by atoms with Crippen LogP contribution in [0.3, 0.4) is 0 Å². The Kier molecular flexibility index (Phi) is 8.00. The molecule has 4 nitrogen and oxygen atoms in total. The summed E-state index contributed by atoms with van der Waals surface area (Å²) in [4.78, 5) is 2.09. The molecule has 0 bridgehead atoms. The lowest BCUT2D eigenvalue weighted by molar-refractivity contribution is 0.264. The number of sulfone groups is 1. The second-order valence-electron chi connectivity index (χ2n) is 5.20. The molecule has 0 fully saturated rings. The van der Waals surface area contributed by atoms with E-state index in [2.05, 4.69) is 31.0 Å². The third-order valence-corrected chi connectivity index (χ3v) is 3.74. The third-order valence-electron chi connectivity index (χ3n) is 2.81. The van der Waals surface area contributed by atoms with Gasteiger partial charge in [-0.15, -0.1) is 0 Å². The largest absolute Gasteiger partial charge is 0.312 e. The standard InChI is InChI=1S/C12H28N2O2S/c1-6-7-13-12(11(2)3)10-14(4)8-9-17(5,15)16/h11-13H,6-10H2,1-5H3. The first kappa shape index (κ1) is 16.9. The first-order chi connectivity index (χ1) is 7.76. The zero-order chi connectivity index (χ0) is 13.5. The van der Waals surface area contributed by atoms with Crippen LogP contribution in [0.4, 0.5) is 0 Å². The van der Waals surface area contributed by atoms with Gasteiger partial charge in [0, 0.05) is 25.4 Å². The quantitative estimate of drug-likeness (QED) is 0.675. The van der Waals surface area contributed by atoms with Crippen LogP contribution in [0.5, 0.6) is 0 Å². The van der Waals surface area contributed by atoms with Gasteiger partial charge in [0.2, 0.25) is 0 Å². The van der Waals surface area contributed by atoms with E-state index in [1.165, 1.54) is 6.26 Å². The molecule has 0 aromatic heterocycles. The summed E-state index contributed by atoms with van der Waals surface area (Å²) < 4.78 is 22.2. The minimum absolute atomic E-state index is 0.238. The van der Waals surface area contributed by atoms with E-state index in [0.717, 1.165) is 19.5 Å². The Bertz CT molecular complexity index is 289. The molecule has 0 saturated heterocycles. The molecule has 1 atom stereocenters. The second-order valence-corrected chi connectivity index (χ2v) is 7.46. The van der Waals surface area contributed by atoms with Crippen molar-refractivity contribution in [2.24, 2.45) is 5.92 Å². The first-order valence-electron chi connectivity index (χ1n) is 6.36. The molecule has 0 rings (SSSR count). The molecule has 1 unspecified atom stereocenters. The van der Waals surface area contributed by atoms with E-state index in [1.807, 2.05) is 7.05 Å². The van der Waals surface area contributed by atoms with Gasteiger partial charge in [0.25, 0.3) is 0 Å². The van der Waals surface area contributed by atoms with Crippen LogP contribution in [0.1, 0.15) is 27.2 Å². The molecule has 0 heterocycles. The summed E-state index contributed by atoms with van der Waals surface area (Å²) in [5, 5.41) is 3.51. The maximum Gasteiger partial charge on any atom is 0.148 e. The predicted octanol–water partition coefficient (Wildman–Crippen LogP) is 0.987. The number of nitrogens with one attached hydrogen (secondary N) is 1. The Balaban J connectivity index is 4.07. The maximum atomic E-state index is 11.1. The normalized spacial score (nSPS) is 14.5. The summed E-state index contributed by atoms with van der Waals surface area (Å²) in [6, 6.07) is 0.430. The summed E-state index contributed by atoms with van der Waals surface area (Å²) in [6.45, 7) is 9.05. The van der Waals surface area contributed by atoms with Crippen LogP contribution in [0, 0.1) is 5.92 Å². The lowest BCUT2D eigenvalue weighted by Gasteiger charge is -2.27. The minimum atomic E-state index is -2.85. The topological polar surface area (TPSA) is 49.4 Å². The number of hydrogen-bond donors (Lipinski definition) is 1. The Morgan fingerprint density at radius 2 is 1.88 bits per heavy atom. The van der Waals surface area contributed by atoms with Crippen LogP contribution in [0.25, 0.3) is 0 Å². The molecular weight excluding hydrogens is 236 g/mol. The second kappa shape index (κ2) is 8.06. The first-order valence-corrected chi connectivity index (χ1v) is 8.42. The van der Waals surface area contributed by atoms with E-state index in [4.69, 9.17) is 0 Å². The van der Waals surface area contributed by atoms with E-state index >= 15 is 0 Å². The van der Waals surface area contributed by atoms with Crippen LogP contribution in [0.15, 0.2) is 0 Å². The molecule has 0 aromatic rings. The Morgan fingerprint density at radius 1 is 1.29 bits per heavy atom. The third kappa shape index (κ3) is 9.56. The molecule has 0 aromatic carbocycles. The zero-order valence-corrected chi connectivity index (χ0v) is 12.7. The van der Waals surface area contributed by atoms with Crippen LogP contribution in [-0.4, -0.2) is 58.1 Å². The molecule has 0 spiro atoms. The van der Waals surface area contributed by atoms with Crippen LogP contribution < -0.4 is 5.32 Å². The Morgan fingerprint density at radius 3 is 2.29 bits per heavy atom. The van der Waals surface area contributed by atoms with Crippen molar-refractivity contribution in [3.63, 3.8) is 0 Å². The minimum Gasteiger partial charge on any atom is -0.312 e. The van der Waals surface area contributed by atoms with Crippen molar-refractivity contribution >= 4 is 9.84 Å². The maximum absolute atomic E-state index is 11.1. The van der Waals surface area contributed by atoms with Crippen molar-refractivity contribution in [2.45, 2.75) is 33.2 Å². The van der Waals surface area contributed by atoms with E-state index in [1.54, 1.807) is 0 Å². The monoisotopic (exact) mass is 264 g/mol. The molecule has 0 aliphatic carbocycles. The van der Waals surface area contributed by atoms with Gasteiger partial charge in [-0.1, -0.05) is 20.8 Å². The number of hydrogen-bond acceptors (Lipinski definition) is 4. The summed E-state index contributed by atoms with van der Waals surface area (Å²) in [5.41, 5.74) is 0. The highest BCUT2D eigenvalue weighted by atomic mass is 32.2. The van der Waals surface area contributed by atoms with Crippen LogP contribution in [-0.2, 0) is 9.84 Å². The molecule has 0 radical (unpaired) electrons. The molecule has 0 saturated carbocycles. The molecule has 104 valence electrons. The summed E-state index contributed by atoms with van der Waals surface area (Å²) in [6.07, 6.45) is 2.41. The lowest BCUT2D eigenvalue weighted by atomic mass is 10.0. The Hall–Kier alpha value is -0.130. The summed E-state index contributed by atoms with van der Waals surface area (Å²) in [7, 11) is -0.874. The van der Waals surface area contributed by atoms with E-state index in [0.29, 0.717) is 18.5 Å². The van der Waals surface area contributed by atoms with E-state index in [-0.39, 0.29) is 5.75 Å².